The van der Waals surface area contributed by atoms with Gasteiger partial charge in [-0.25, -0.2) is 0 Å². The fourth-order valence-electron chi connectivity index (χ4n) is 2.54. The van der Waals surface area contributed by atoms with Gasteiger partial charge in [0.1, 0.15) is 5.76 Å². The summed E-state index contributed by atoms with van der Waals surface area (Å²) in [7, 11) is 0. The lowest BCUT2D eigenvalue weighted by Gasteiger charge is -2.36. The first-order chi connectivity index (χ1) is 7.68. The molecule has 2 N–H and O–H groups in total. The van der Waals surface area contributed by atoms with E-state index in [0.717, 1.165) is 18.8 Å². The van der Waals surface area contributed by atoms with Crippen LogP contribution in [-0.2, 0) is 0 Å². The lowest BCUT2D eigenvalue weighted by atomic mass is 9.90. The van der Waals surface area contributed by atoms with Gasteiger partial charge < -0.3 is 10.2 Å². The number of piperidine rings is 1. The zero-order valence-corrected chi connectivity index (χ0v) is 10.2. The van der Waals surface area contributed by atoms with E-state index in [1.807, 2.05) is 6.07 Å². The summed E-state index contributed by atoms with van der Waals surface area (Å²) in [4.78, 5) is 2.48. The van der Waals surface area contributed by atoms with Crippen molar-refractivity contribution in [1.82, 2.24) is 4.90 Å². The largest absolute Gasteiger partial charge is 0.468 e. The number of hydrogen-bond donors (Lipinski definition) is 1. The van der Waals surface area contributed by atoms with Crippen LogP contribution in [0, 0.1) is 5.92 Å². The molecule has 1 aromatic rings. The minimum atomic E-state index is 0.334. The maximum absolute atomic E-state index is 5.95. The highest BCUT2D eigenvalue weighted by Gasteiger charge is 2.26. The molecule has 3 heteroatoms. The van der Waals surface area contributed by atoms with Crippen molar-refractivity contribution < 1.29 is 4.42 Å². The van der Waals surface area contributed by atoms with Gasteiger partial charge in [-0.15, -0.1) is 0 Å². The Bertz CT molecular complexity index is 300. The molecule has 0 spiro atoms. The van der Waals surface area contributed by atoms with E-state index in [1.165, 1.54) is 12.8 Å². The summed E-state index contributed by atoms with van der Waals surface area (Å²) in [6, 6.07) is 4.74. The molecule has 2 heterocycles. The lowest BCUT2D eigenvalue weighted by molar-refractivity contribution is 0.120. The quantitative estimate of drug-likeness (QED) is 0.854. The molecule has 1 aliphatic rings. The van der Waals surface area contributed by atoms with E-state index >= 15 is 0 Å². The molecule has 0 bridgehead atoms. The van der Waals surface area contributed by atoms with E-state index in [4.69, 9.17) is 10.2 Å². The first-order valence-electron chi connectivity index (χ1n) is 6.21. The van der Waals surface area contributed by atoms with Crippen molar-refractivity contribution in [3.63, 3.8) is 0 Å². The van der Waals surface area contributed by atoms with Crippen molar-refractivity contribution in [3.8, 4) is 0 Å². The third-order valence-corrected chi connectivity index (χ3v) is 3.82. The van der Waals surface area contributed by atoms with Crippen LogP contribution < -0.4 is 5.73 Å². The maximum atomic E-state index is 5.95. The Morgan fingerprint density at radius 3 is 2.56 bits per heavy atom. The number of likely N-dealkylation sites (tertiary alicyclic amines) is 1. The standard InChI is InChI=1S/C13H22N2O/c1-10(14)12-5-7-15(8-6-12)11(2)13-4-3-9-16-13/h3-4,9-12H,5-8,14H2,1-2H3. The van der Waals surface area contributed by atoms with Crippen LogP contribution >= 0.6 is 0 Å². The first-order valence-corrected chi connectivity index (χ1v) is 6.21. The van der Waals surface area contributed by atoms with Crippen molar-refractivity contribution in [2.75, 3.05) is 13.1 Å². The molecule has 1 saturated heterocycles. The molecule has 2 rings (SSSR count). The molecule has 0 amide bonds. The Labute approximate surface area is 97.6 Å². The predicted molar refractivity (Wildman–Crippen MR) is 65.1 cm³/mol. The Morgan fingerprint density at radius 1 is 1.38 bits per heavy atom. The molecule has 1 fully saturated rings. The molecule has 1 aliphatic heterocycles. The van der Waals surface area contributed by atoms with E-state index in [0.29, 0.717) is 18.0 Å². The second-order valence-electron chi connectivity index (χ2n) is 4.92. The fraction of sp³-hybridized carbons (Fsp3) is 0.692. The smallest absolute Gasteiger partial charge is 0.120 e. The second-order valence-corrected chi connectivity index (χ2v) is 4.92. The summed E-state index contributed by atoms with van der Waals surface area (Å²) < 4.78 is 5.46. The third kappa shape index (κ3) is 2.47. The van der Waals surface area contributed by atoms with Crippen LogP contribution in [0.1, 0.15) is 38.5 Å². The molecule has 90 valence electrons. The van der Waals surface area contributed by atoms with E-state index in [-0.39, 0.29) is 0 Å². The van der Waals surface area contributed by atoms with E-state index in [2.05, 4.69) is 24.8 Å². The Balaban J connectivity index is 1.89. The number of rotatable bonds is 3. The highest BCUT2D eigenvalue weighted by atomic mass is 16.3. The van der Waals surface area contributed by atoms with E-state index < -0.39 is 0 Å². The van der Waals surface area contributed by atoms with Crippen LogP contribution in [0.2, 0.25) is 0 Å². The molecule has 0 radical (unpaired) electrons. The molecule has 2 atom stereocenters. The lowest BCUT2D eigenvalue weighted by Crippen LogP contribution is -2.40. The van der Waals surface area contributed by atoms with Crippen LogP contribution in [0.15, 0.2) is 22.8 Å². The fourth-order valence-corrected chi connectivity index (χ4v) is 2.54. The molecular formula is C13H22N2O. The molecule has 0 aliphatic carbocycles. The summed E-state index contributed by atoms with van der Waals surface area (Å²) in [5, 5.41) is 0. The van der Waals surface area contributed by atoms with Crippen LogP contribution in [0.4, 0.5) is 0 Å². The van der Waals surface area contributed by atoms with Crippen LogP contribution in [0.3, 0.4) is 0 Å². The van der Waals surface area contributed by atoms with E-state index in [1.54, 1.807) is 6.26 Å². The Hall–Kier alpha value is -0.800. The van der Waals surface area contributed by atoms with Crippen molar-refractivity contribution in [1.29, 1.82) is 0 Å². The minimum absolute atomic E-state index is 0.334. The van der Waals surface area contributed by atoms with Gasteiger partial charge in [0.2, 0.25) is 0 Å². The molecular weight excluding hydrogens is 200 g/mol. The average molecular weight is 222 g/mol. The zero-order valence-electron chi connectivity index (χ0n) is 10.2. The van der Waals surface area contributed by atoms with Crippen LogP contribution in [0.5, 0.6) is 0 Å². The van der Waals surface area contributed by atoms with Gasteiger partial charge in [-0.3, -0.25) is 4.90 Å². The molecule has 0 saturated carbocycles. The van der Waals surface area contributed by atoms with E-state index in [9.17, 15) is 0 Å². The summed E-state index contributed by atoms with van der Waals surface area (Å²) in [6.45, 7) is 6.60. The Morgan fingerprint density at radius 2 is 2.06 bits per heavy atom. The highest BCUT2D eigenvalue weighted by Crippen LogP contribution is 2.27. The summed E-state index contributed by atoms with van der Waals surface area (Å²) in [6.07, 6.45) is 4.17. The zero-order chi connectivity index (χ0) is 11.5. The van der Waals surface area contributed by atoms with Gasteiger partial charge in [0.15, 0.2) is 0 Å². The van der Waals surface area contributed by atoms with Crippen molar-refractivity contribution in [2.24, 2.45) is 11.7 Å². The van der Waals surface area contributed by atoms with Gasteiger partial charge >= 0.3 is 0 Å². The second kappa shape index (κ2) is 5.02. The van der Waals surface area contributed by atoms with Gasteiger partial charge in [-0.2, -0.15) is 0 Å². The van der Waals surface area contributed by atoms with Crippen molar-refractivity contribution >= 4 is 0 Å². The highest BCUT2D eigenvalue weighted by molar-refractivity contribution is 5.04. The number of nitrogens with two attached hydrogens (primary N) is 1. The number of hydrogen-bond acceptors (Lipinski definition) is 3. The molecule has 0 aromatic carbocycles. The van der Waals surface area contributed by atoms with Crippen LogP contribution in [-0.4, -0.2) is 24.0 Å². The first kappa shape index (κ1) is 11.7. The molecule has 2 unspecified atom stereocenters. The summed E-state index contributed by atoms with van der Waals surface area (Å²) >= 11 is 0. The topological polar surface area (TPSA) is 42.4 Å². The van der Waals surface area contributed by atoms with Crippen LogP contribution in [0.25, 0.3) is 0 Å². The van der Waals surface area contributed by atoms with Crippen molar-refractivity contribution in [3.05, 3.63) is 24.2 Å². The average Bonchev–Trinajstić information content (AvgIpc) is 2.81. The van der Waals surface area contributed by atoms with Gasteiger partial charge in [0, 0.05) is 6.04 Å². The molecule has 3 nitrogen and oxygen atoms in total. The number of nitrogens with zero attached hydrogens (tertiary/aromatic N) is 1. The minimum Gasteiger partial charge on any atom is -0.468 e. The monoisotopic (exact) mass is 222 g/mol. The van der Waals surface area contributed by atoms with Crippen molar-refractivity contribution in [2.45, 2.75) is 38.8 Å². The number of furan rings is 1. The Kier molecular flexibility index (Phi) is 3.66. The molecule has 1 aromatic heterocycles. The van der Waals surface area contributed by atoms with Gasteiger partial charge in [-0.05, 0) is 57.8 Å². The third-order valence-electron chi connectivity index (χ3n) is 3.82. The normalized spacial score (nSPS) is 23.2. The SMILES string of the molecule is CC(N)C1CCN(C(C)c2ccco2)CC1. The predicted octanol–water partition coefficient (Wildman–Crippen LogP) is 2.40. The summed E-state index contributed by atoms with van der Waals surface area (Å²) in [5.41, 5.74) is 5.95. The maximum Gasteiger partial charge on any atom is 0.120 e. The summed E-state index contributed by atoms with van der Waals surface area (Å²) in [5.74, 6) is 1.76. The molecule has 16 heavy (non-hydrogen) atoms. The van der Waals surface area contributed by atoms with Gasteiger partial charge in [-0.1, -0.05) is 0 Å². The van der Waals surface area contributed by atoms with Gasteiger partial charge in [0.25, 0.3) is 0 Å². The van der Waals surface area contributed by atoms with Gasteiger partial charge in [0.05, 0.1) is 12.3 Å².